The standard InChI is InChI=1S/C32H40N10O/c1-5-33-31-34-21-28-29(35-31)39(4)18-19-41(30(28)43)26-12-9-13-27(20-26)42-23-25(36-37-42)22-40-16-14-32(15-17-40,38(2)3)24-10-7-6-8-11-24/h6-13,20-21,23H,5,14-19,22H2,1-4H3,(H,33,34,35). The van der Waals surface area contributed by atoms with E-state index in [9.17, 15) is 4.79 Å². The number of hydrogen-bond acceptors (Lipinski definition) is 9. The maximum atomic E-state index is 13.7. The van der Waals surface area contributed by atoms with E-state index in [-0.39, 0.29) is 11.4 Å². The largest absolute Gasteiger partial charge is 0.357 e. The van der Waals surface area contributed by atoms with Crippen molar-refractivity contribution < 1.29 is 4.79 Å². The molecule has 11 heteroatoms. The van der Waals surface area contributed by atoms with Crippen molar-refractivity contribution in [3.05, 3.63) is 83.8 Å². The molecule has 224 valence electrons. The summed E-state index contributed by atoms with van der Waals surface area (Å²) in [7, 11) is 6.33. The third kappa shape index (κ3) is 5.70. The van der Waals surface area contributed by atoms with Gasteiger partial charge >= 0.3 is 0 Å². The number of benzene rings is 2. The average molecular weight is 581 g/mol. The van der Waals surface area contributed by atoms with Gasteiger partial charge in [-0.1, -0.05) is 41.6 Å². The fourth-order valence-corrected chi connectivity index (χ4v) is 6.26. The van der Waals surface area contributed by atoms with Crippen molar-refractivity contribution >= 4 is 23.4 Å². The molecule has 4 heterocycles. The fraction of sp³-hybridized carbons (Fsp3) is 0.406. The smallest absolute Gasteiger partial charge is 0.263 e. The lowest BCUT2D eigenvalue weighted by atomic mass is 9.80. The second-order valence-corrected chi connectivity index (χ2v) is 11.6. The van der Waals surface area contributed by atoms with Crippen LogP contribution in [0.3, 0.4) is 0 Å². The molecule has 1 N–H and O–H groups in total. The Morgan fingerprint density at radius 2 is 1.74 bits per heavy atom. The van der Waals surface area contributed by atoms with Crippen molar-refractivity contribution in [1.82, 2.24) is 34.8 Å². The zero-order chi connectivity index (χ0) is 30.0. The molecule has 0 aliphatic carbocycles. The van der Waals surface area contributed by atoms with Gasteiger partial charge in [0, 0.05) is 63.7 Å². The lowest BCUT2D eigenvalue weighted by Gasteiger charge is -2.46. The molecule has 6 rings (SSSR count). The van der Waals surface area contributed by atoms with E-state index >= 15 is 0 Å². The molecule has 0 bridgehead atoms. The quantitative estimate of drug-likeness (QED) is 0.335. The first kappa shape index (κ1) is 28.8. The van der Waals surface area contributed by atoms with Crippen LogP contribution in [0.5, 0.6) is 0 Å². The van der Waals surface area contributed by atoms with Crippen LogP contribution in [0.2, 0.25) is 0 Å². The first-order valence-corrected chi connectivity index (χ1v) is 15.0. The molecule has 1 saturated heterocycles. The van der Waals surface area contributed by atoms with E-state index in [0.717, 1.165) is 49.5 Å². The van der Waals surface area contributed by atoms with Crippen LogP contribution in [-0.2, 0) is 12.1 Å². The van der Waals surface area contributed by atoms with Gasteiger partial charge in [0.25, 0.3) is 5.91 Å². The van der Waals surface area contributed by atoms with Crippen molar-refractivity contribution in [1.29, 1.82) is 0 Å². The lowest BCUT2D eigenvalue weighted by Crippen LogP contribution is -2.50. The number of likely N-dealkylation sites (tertiary alicyclic amines) is 1. The topological polar surface area (TPSA) is 98.6 Å². The predicted octanol–water partition coefficient (Wildman–Crippen LogP) is 3.64. The summed E-state index contributed by atoms with van der Waals surface area (Å²) in [5.41, 5.74) is 4.51. The van der Waals surface area contributed by atoms with Crippen LogP contribution >= 0.6 is 0 Å². The van der Waals surface area contributed by atoms with E-state index in [1.807, 2.05) is 49.3 Å². The summed E-state index contributed by atoms with van der Waals surface area (Å²) in [5, 5.41) is 12.1. The molecule has 4 aromatic rings. The van der Waals surface area contributed by atoms with E-state index in [1.165, 1.54) is 5.56 Å². The molecule has 11 nitrogen and oxygen atoms in total. The van der Waals surface area contributed by atoms with E-state index < -0.39 is 0 Å². The Morgan fingerprint density at radius 3 is 2.49 bits per heavy atom. The van der Waals surface area contributed by atoms with Crippen LogP contribution in [0.4, 0.5) is 17.5 Å². The van der Waals surface area contributed by atoms with Crippen LogP contribution in [0.15, 0.2) is 67.0 Å². The zero-order valence-electron chi connectivity index (χ0n) is 25.4. The zero-order valence-corrected chi connectivity index (χ0v) is 25.4. The highest BCUT2D eigenvalue weighted by Gasteiger charge is 2.38. The Bertz CT molecular complexity index is 1560. The molecule has 1 amide bonds. The second-order valence-electron chi connectivity index (χ2n) is 11.6. The van der Waals surface area contributed by atoms with Gasteiger partial charge in [-0.15, -0.1) is 5.10 Å². The number of carbonyl (C=O) groups is 1. The van der Waals surface area contributed by atoms with Gasteiger partial charge in [0.05, 0.1) is 17.6 Å². The van der Waals surface area contributed by atoms with Crippen molar-refractivity contribution in [3.8, 4) is 5.69 Å². The van der Waals surface area contributed by atoms with Crippen molar-refractivity contribution in [2.75, 3.05) is 69.0 Å². The Balaban J connectivity index is 1.15. The molecular weight excluding hydrogens is 540 g/mol. The van der Waals surface area contributed by atoms with Crippen LogP contribution in [0.1, 0.15) is 41.4 Å². The average Bonchev–Trinajstić information content (AvgIpc) is 3.46. The van der Waals surface area contributed by atoms with Crippen LogP contribution in [0, 0.1) is 0 Å². The molecule has 0 radical (unpaired) electrons. The monoisotopic (exact) mass is 580 g/mol. The van der Waals surface area contributed by atoms with Crippen LogP contribution < -0.4 is 15.1 Å². The van der Waals surface area contributed by atoms with Gasteiger partial charge in [0.15, 0.2) is 0 Å². The van der Waals surface area contributed by atoms with Gasteiger partial charge in [-0.2, -0.15) is 4.98 Å². The summed E-state index contributed by atoms with van der Waals surface area (Å²) in [4.78, 5) is 31.2. The van der Waals surface area contributed by atoms with Gasteiger partial charge in [-0.05, 0) is 57.6 Å². The van der Waals surface area contributed by atoms with Gasteiger partial charge in [-0.3, -0.25) is 14.6 Å². The molecule has 0 spiro atoms. The second kappa shape index (κ2) is 12.1. The minimum Gasteiger partial charge on any atom is -0.357 e. The molecule has 43 heavy (non-hydrogen) atoms. The van der Waals surface area contributed by atoms with Gasteiger partial charge in [0.2, 0.25) is 5.95 Å². The molecule has 2 aliphatic heterocycles. The Morgan fingerprint density at radius 1 is 0.977 bits per heavy atom. The van der Waals surface area contributed by atoms with E-state index in [1.54, 1.807) is 15.8 Å². The highest BCUT2D eigenvalue weighted by atomic mass is 16.2. The van der Waals surface area contributed by atoms with E-state index in [0.29, 0.717) is 37.0 Å². The maximum absolute atomic E-state index is 13.7. The number of fused-ring (bicyclic) bond motifs is 1. The molecule has 2 aromatic heterocycles. The Kier molecular flexibility index (Phi) is 8.09. The van der Waals surface area contributed by atoms with Crippen molar-refractivity contribution in [2.24, 2.45) is 0 Å². The summed E-state index contributed by atoms with van der Waals surface area (Å²) < 4.78 is 1.80. The molecule has 0 atom stereocenters. The summed E-state index contributed by atoms with van der Waals surface area (Å²) in [6, 6.07) is 18.7. The molecule has 0 saturated carbocycles. The molecule has 1 fully saturated rings. The predicted molar refractivity (Wildman–Crippen MR) is 169 cm³/mol. The number of aromatic nitrogens is 5. The third-order valence-corrected chi connectivity index (χ3v) is 8.78. The molecular formula is C32H40N10O. The minimum atomic E-state index is -0.117. The molecule has 2 aromatic carbocycles. The number of hydrogen-bond donors (Lipinski definition) is 1. The first-order chi connectivity index (χ1) is 20.9. The number of nitrogens with zero attached hydrogens (tertiary/aromatic N) is 9. The summed E-state index contributed by atoms with van der Waals surface area (Å²) in [6.07, 6.45) is 5.73. The third-order valence-electron chi connectivity index (χ3n) is 8.78. The highest BCUT2D eigenvalue weighted by molar-refractivity contribution is 6.09. The van der Waals surface area contributed by atoms with Gasteiger partial charge in [-0.25, -0.2) is 9.67 Å². The summed E-state index contributed by atoms with van der Waals surface area (Å²) >= 11 is 0. The fourth-order valence-electron chi connectivity index (χ4n) is 6.26. The van der Waals surface area contributed by atoms with Gasteiger partial charge < -0.3 is 15.1 Å². The Labute approximate surface area is 253 Å². The van der Waals surface area contributed by atoms with Crippen molar-refractivity contribution in [3.63, 3.8) is 0 Å². The van der Waals surface area contributed by atoms with Gasteiger partial charge in [0.1, 0.15) is 11.4 Å². The number of amides is 1. The van der Waals surface area contributed by atoms with Crippen LogP contribution in [0.25, 0.3) is 5.69 Å². The summed E-state index contributed by atoms with van der Waals surface area (Å²) in [6.45, 7) is 6.61. The van der Waals surface area contributed by atoms with Crippen LogP contribution in [-0.4, -0.2) is 94.5 Å². The SMILES string of the molecule is CCNc1ncc2c(n1)N(C)CCN(c1cccc(-n3cc(CN4CCC(c5ccccc5)(N(C)C)CC4)nn3)c1)C2=O. The molecule has 0 unspecified atom stereocenters. The highest BCUT2D eigenvalue weighted by Crippen LogP contribution is 2.37. The first-order valence-electron chi connectivity index (χ1n) is 15.0. The molecule has 2 aliphatic rings. The van der Waals surface area contributed by atoms with E-state index in [4.69, 9.17) is 0 Å². The maximum Gasteiger partial charge on any atom is 0.263 e. The summed E-state index contributed by atoms with van der Waals surface area (Å²) in [5.74, 6) is 1.05. The number of carbonyl (C=O) groups excluding carboxylic acids is 1. The Hall–Kier alpha value is -4.35. The number of piperidine rings is 1. The van der Waals surface area contributed by atoms with Crippen molar-refractivity contribution in [2.45, 2.75) is 31.8 Å². The number of nitrogens with one attached hydrogen (secondary N) is 1. The minimum absolute atomic E-state index is 0.0523. The number of likely N-dealkylation sites (N-methyl/N-ethyl adjacent to an activating group) is 1. The number of anilines is 3. The normalized spacial score (nSPS) is 17.2. The lowest BCUT2D eigenvalue weighted by molar-refractivity contribution is 0.0502. The number of rotatable bonds is 8. The van der Waals surface area contributed by atoms with E-state index in [2.05, 4.69) is 79.8 Å².